The maximum atomic E-state index is 11.8. The van der Waals surface area contributed by atoms with E-state index in [0.29, 0.717) is 12.6 Å². The molecule has 1 atom stereocenters. The van der Waals surface area contributed by atoms with Crippen LogP contribution in [0.1, 0.15) is 11.8 Å². The zero-order chi connectivity index (χ0) is 12.8. The van der Waals surface area contributed by atoms with E-state index in [4.69, 9.17) is 0 Å². The van der Waals surface area contributed by atoms with E-state index in [9.17, 15) is 4.79 Å². The van der Waals surface area contributed by atoms with Crippen LogP contribution in [-0.2, 0) is 11.2 Å². The van der Waals surface area contributed by atoms with E-state index in [-0.39, 0.29) is 5.91 Å². The summed E-state index contributed by atoms with van der Waals surface area (Å²) in [5, 5.41) is 8.43. The van der Waals surface area contributed by atoms with Gasteiger partial charge in [0, 0.05) is 37.1 Å². The molecule has 0 spiro atoms. The van der Waals surface area contributed by atoms with Gasteiger partial charge in [-0.05, 0) is 24.8 Å². The topological polar surface area (TPSA) is 44.4 Å². The predicted molar refractivity (Wildman–Crippen MR) is 74.9 cm³/mol. The minimum Gasteiger partial charge on any atom is -0.355 e. The number of thiophene rings is 1. The lowest BCUT2D eigenvalue weighted by Gasteiger charge is -2.31. The van der Waals surface area contributed by atoms with Gasteiger partial charge < -0.3 is 10.6 Å². The smallest absolute Gasteiger partial charge is 0.234 e. The van der Waals surface area contributed by atoms with Gasteiger partial charge in [-0.25, -0.2) is 0 Å². The molecule has 0 unspecified atom stereocenters. The molecule has 1 saturated heterocycles. The van der Waals surface area contributed by atoms with Gasteiger partial charge in [0.2, 0.25) is 5.91 Å². The monoisotopic (exact) mass is 267 g/mol. The fraction of sp³-hybridized carbons (Fsp3) is 0.615. The van der Waals surface area contributed by atoms with E-state index < -0.39 is 0 Å². The van der Waals surface area contributed by atoms with E-state index in [1.807, 2.05) is 6.07 Å². The molecule has 0 radical (unpaired) electrons. The van der Waals surface area contributed by atoms with Gasteiger partial charge in [0.05, 0.1) is 6.54 Å². The third kappa shape index (κ3) is 4.40. The third-order valence-corrected chi connectivity index (χ3v) is 4.03. The Bertz CT molecular complexity index is 366. The Labute approximate surface area is 112 Å². The zero-order valence-electron chi connectivity index (χ0n) is 10.8. The molecule has 100 valence electrons. The van der Waals surface area contributed by atoms with Gasteiger partial charge in [-0.1, -0.05) is 6.07 Å². The standard InChI is InChI=1S/C13H21N3OS/c1-11-9-16(7-6-14-11)10-13(17)15-5-4-12-3-2-8-18-12/h2-3,8,11,14H,4-7,9-10H2,1H3,(H,15,17)/t11-/m0/s1. The van der Waals surface area contributed by atoms with Crippen molar-refractivity contribution in [2.24, 2.45) is 0 Å². The summed E-state index contributed by atoms with van der Waals surface area (Å²) in [5.74, 6) is 0.139. The lowest BCUT2D eigenvalue weighted by atomic mass is 10.2. The van der Waals surface area contributed by atoms with Crippen molar-refractivity contribution in [3.8, 4) is 0 Å². The molecule has 0 aromatic carbocycles. The van der Waals surface area contributed by atoms with Crippen molar-refractivity contribution < 1.29 is 4.79 Å². The van der Waals surface area contributed by atoms with Crippen LogP contribution in [0.2, 0.25) is 0 Å². The van der Waals surface area contributed by atoms with Gasteiger partial charge in [-0.15, -0.1) is 11.3 Å². The summed E-state index contributed by atoms with van der Waals surface area (Å²) >= 11 is 1.74. The molecule has 0 bridgehead atoms. The van der Waals surface area contributed by atoms with Crippen LogP contribution in [0.25, 0.3) is 0 Å². The Balaban J connectivity index is 1.62. The van der Waals surface area contributed by atoms with Gasteiger partial charge in [0.1, 0.15) is 0 Å². The number of hydrogen-bond acceptors (Lipinski definition) is 4. The normalized spacial score (nSPS) is 20.8. The molecule has 0 saturated carbocycles. The highest BCUT2D eigenvalue weighted by molar-refractivity contribution is 7.09. The number of amides is 1. The second-order valence-electron chi connectivity index (χ2n) is 4.77. The molecule has 0 aliphatic carbocycles. The van der Waals surface area contributed by atoms with Crippen molar-refractivity contribution in [1.82, 2.24) is 15.5 Å². The molecule has 5 heteroatoms. The molecule has 2 N–H and O–H groups in total. The summed E-state index contributed by atoms with van der Waals surface area (Å²) in [4.78, 5) is 15.3. The van der Waals surface area contributed by atoms with Crippen molar-refractivity contribution in [3.63, 3.8) is 0 Å². The minimum absolute atomic E-state index is 0.139. The number of rotatable bonds is 5. The highest BCUT2D eigenvalue weighted by Crippen LogP contribution is 2.08. The van der Waals surface area contributed by atoms with Gasteiger partial charge in [-0.2, -0.15) is 0 Å². The van der Waals surface area contributed by atoms with Crippen LogP contribution < -0.4 is 10.6 Å². The number of hydrogen-bond donors (Lipinski definition) is 2. The molecule has 1 fully saturated rings. The van der Waals surface area contributed by atoms with Crippen LogP contribution in [0.5, 0.6) is 0 Å². The number of carbonyl (C=O) groups excluding carboxylic acids is 1. The maximum Gasteiger partial charge on any atom is 0.234 e. The van der Waals surface area contributed by atoms with E-state index in [1.54, 1.807) is 11.3 Å². The lowest BCUT2D eigenvalue weighted by Crippen LogP contribution is -2.51. The van der Waals surface area contributed by atoms with Gasteiger partial charge in [0.25, 0.3) is 0 Å². The second kappa shape index (κ2) is 6.87. The number of piperazine rings is 1. The molecular formula is C13H21N3OS. The van der Waals surface area contributed by atoms with E-state index in [1.165, 1.54) is 4.88 Å². The summed E-state index contributed by atoms with van der Waals surface area (Å²) in [7, 11) is 0. The van der Waals surface area contributed by atoms with E-state index >= 15 is 0 Å². The van der Waals surface area contributed by atoms with Crippen LogP contribution in [0.15, 0.2) is 17.5 Å². The number of carbonyl (C=O) groups is 1. The van der Waals surface area contributed by atoms with Crippen molar-refractivity contribution in [3.05, 3.63) is 22.4 Å². The fourth-order valence-corrected chi connectivity index (χ4v) is 2.90. The Hall–Kier alpha value is -0.910. The first-order chi connectivity index (χ1) is 8.74. The molecule has 2 rings (SSSR count). The Morgan fingerprint density at radius 3 is 3.28 bits per heavy atom. The summed E-state index contributed by atoms with van der Waals surface area (Å²) < 4.78 is 0. The lowest BCUT2D eigenvalue weighted by molar-refractivity contribution is -0.122. The highest BCUT2D eigenvalue weighted by Gasteiger charge is 2.17. The average molecular weight is 267 g/mol. The van der Waals surface area contributed by atoms with Crippen LogP contribution in [0.4, 0.5) is 0 Å². The summed E-state index contributed by atoms with van der Waals surface area (Å²) in [5.41, 5.74) is 0. The second-order valence-corrected chi connectivity index (χ2v) is 5.80. The average Bonchev–Trinajstić information content (AvgIpc) is 2.82. The summed E-state index contributed by atoms with van der Waals surface area (Å²) in [6, 6.07) is 4.64. The molecule has 1 aromatic rings. The van der Waals surface area contributed by atoms with Crippen molar-refractivity contribution in [2.75, 3.05) is 32.7 Å². The van der Waals surface area contributed by atoms with Crippen molar-refractivity contribution in [2.45, 2.75) is 19.4 Å². The SMILES string of the molecule is C[C@H]1CN(CC(=O)NCCc2cccs2)CCN1. The van der Waals surface area contributed by atoms with Crippen LogP contribution in [0, 0.1) is 0 Å². The van der Waals surface area contributed by atoms with E-state index in [2.05, 4.69) is 33.9 Å². The third-order valence-electron chi connectivity index (χ3n) is 3.09. The molecule has 2 heterocycles. The summed E-state index contributed by atoms with van der Waals surface area (Å²) in [6.07, 6.45) is 0.932. The molecule has 1 amide bonds. The zero-order valence-corrected chi connectivity index (χ0v) is 11.6. The first-order valence-electron chi connectivity index (χ1n) is 6.49. The largest absolute Gasteiger partial charge is 0.355 e. The van der Waals surface area contributed by atoms with Crippen molar-refractivity contribution in [1.29, 1.82) is 0 Å². The molecule has 1 aliphatic heterocycles. The Morgan fingerprint density at radius 2 is 2.56 bits per heavy atom. The first-order valence-corrected chi connectivity index (χ1v) is 7.37. The molecule has 1 aliphatic rings. The van der Waals surface area contributed by atoms with Crippen LogP contribution >= 0.6 is 11.3 Å². The van der Waals surface area contributed by atoms with Crippen LogP contribution in [0.3, 0.4) is 0 Å². The fourth-order valence-electron chi connectivity index (χ4n) is 2.19. The van der Waals surface area contributed by atoms with E-state index in [0.717, 1.165) is 32.6 Å². The predicted octanol–water partition coefficient (Wildman–Crippen LogP) is 0.700. The number of nitrogens with zero attached hydrogens (tertiary/aromatic N) is 1. The minimum atomic E-state index is 0.139. The van der Waals surface area contributed by atoms with Crippen molar-refractivity contribution >= 4 is 17.2 Å². The molecule has 18 heavy (non-hydrogen) atoms. The quantitative estimate of drug-likeness (QED) is 0.825. The highest BCUT2D eigenvalue weighted by atomic mass is 32.1. The maximum absolute atomic E-state index is 11.8. The molecule has 4 nitrogen and oxygen atoms in total. The van der Waals surface area contributed by atoms with Crippen LogP contribution in [-0.4, -0.2) is 49.6 Å². The molecular weight excluding hydrogens is 246 g/mol. The van der Waals surface area contributed by atoms with Gasteiger partial charge in [-0.3, -0.25) is 9.69 Å². The molecule has 1 aromatic heterocycles. The van der Waals surface area contributed by atoms with Gasteiger partial charge in [0.15, 0.2) is 0 Å². The van der Waals surface area contributed by atoms with Gasteiger partial charge >= 0.3 is 0 Å². The summed E-state index contributed by atoms with van der Waals surface area (Å²) in [6.45, 7) is 6.31. The number of nitrogens with one attached hydrogen (secondary N) is 2. The first kappa shape index (κ1) is 13.5. The Kier molecular flexibility index (Phi) is 5.16. The Morgan fingerprint density at radius 1 is 1.67 bits per heavy atom.